The third kappa shape index (κ3) is 3.88. The highest BCUT2D eigenvalue weighted by Crippen LogP contribution is 2.47. The molecule has 0 fully saturated rings. The van der Waals surface area contributed by atoms with E-state index in [1.165, 1.54) is 48.5 Å². The van der Waals surface area contributed by atoms with E-state index in [0.717, 1.165) is 12.1 Å². The van der Waals surface area contributed by atoms with E-state index in [1.54, 1.807) is 12.1 Å². The van der Waals surface area contributed by atoms with Crippen LogP contribution in [0.4, 0.5) is 11.4 Å². The van der Waals surface area contributed by atoms with Crippen LogP contribution in [0.3, 0.4) is 0 Å². The van der Waals surface area contributed by atoms with Gasteiger partial charge in [-0.05, 0) is 24.3 Å². The van der Waals surface area contributed by atoms with Crippen molar-refractivity contribution in [2.45, 2.75) is 0 Å². The van der Waals surface area contributed by atoms with Gasteiger partial charge < -0.3 is 4.52 Å². The Morgan fingerprint density at radius 3 is 1.75 bits per heavy atom. The highest BCUT2D eigenvalue weighted by atomic mass is 35.5. The third-order valence-corrected chi connectivity index (χ3v) is 6.51. The fourth-order valence-electron chi connectivity index (χ4n) is 2.49. The third-order valence-electron chi connectivity index (χ3n) is 3.82. The molecule has 0 amide bonds. The van der Waals surface area contributed by atoms with Gasteiger partial charge in [-0.15, -0.1) is 0 Å². The van der Waals surface area contributed by atoms with E-state index in [1.807, 2.05) is 0 Å². The van der Waals surface area contributed by atoms with Crippen LogP contribution >= 0.6 is 19.0 Å². The molecule has 0 atom stereocenters. The van der Waals surface area contributed by atoms with E-state index in [-0.39, 0.29) is 32.8 Å². The number of benzene rings is 3. The van der Waals surface area contributed by atoms with Crippen molar-refractivity contribution in [3.8, 4) is 5.75 Å². The molecule has 8 nitrogen and oxygen atoms in total. The van der Waals surface area contributed by atoms with Gasteiger partial charge in [0.1, 0.15) is 5.75 Å². The molecule has 0 heterocycles. The molecule has 28 heavy (non-hydrogen) atoms. The molecule has 0 unspecified atom stereocenters. The summed E-state index contributed by atoms with van der Waals surface area (Å²) in [5.41, 5.74) is -0.572. The molecule has 0 bridgehead atoms. The maximum absolute atomic E-state index is 14.0. The Bertz CT molecular complexity index is 1060. The minimum Gasteiger partial charge on any atom is -0.435 e. The van der Waals surface area contributed by atoms with Gasteiger partial charge in [-0.1, -0.05) is 35.9 Å². The van der Waals surface area contributed by atoms with Crippen LogP contribution < -0.4 is 15.1 Å². The van der Waals surface area contributed by atoms with E-state index >= 15 is 0 Å². The SMILES string of the molecule is O=[N+]([O-])c1cccc(P(=O)(Oc2ccccc2Cl)c2cccc([N+](=O)[O-])c2)c1. The van der Waals surface area contributed by atoms with Crippen molar-refractivity contribution in [3.63, 3.8) is 0 Å². The van der Waals surface area contributed by atoms with Gasteiger partial charge in [0.2, 0.25) is 0 Å². The van der Waals surface area contributed by atoms with Crippen LogP contribution in [-0.4, -0.2) is 9.85 Å². The lowest BCUT2D eigenvalue weighted by atomic mass is 10.3. The minimum absolute atomic E-state index is 0.0158. The van der Waals surface area contributed by atoms with Crippen molar-refractivity contribution in [2.75, 3.05) is 0 Å². The second-order valence-corrected chi connectivity index (χ2v) is 8.35. The topological polar surface area (TPSA) is 113 Å². The van der Waals surface area contributed by atoms with Crippen LogP contribution in [0.1, 0.15) is 0 Å². The van der Waals surface area contributed by atoms with Crippen LogP contribution in [-0.2, 0) is 4.57 Å². The number of halogens is 1. The lowest BCUT2D eigenvalue weighted by Crippen LogP contribution is -2.21. The first-order valence-corrected chi connectivity index (χ1v) is 9.86. The van der Waals surface area contributed by atoms with Gasteiger partial charge >= 0.3 is 7.37 Å². The van der Waals surface area contributed by atoms with E-state index in [0.29, 0.717) is 0 Å². The predicted octanol–water partition coefficient (Wildman–Crippen LogP) is 4.46. The molecular weight excluding hydrogens is 407 g/mol. The van der Waals surface area contributed by atoms with Crippen molar-refractivity contribution in [2.24, 2.45) is 0 Å². The fourth-order valence-corrected chi connectivity index (χ4v) is 4.83. The molecule has 0 spiro atoms. The number of nitrogens with zero attached hydrogens (tertiary/aromatic N) is 2. The average Bonchev–Trinajstić information content (AvgIpc) is 2.70. The number of hydrogen-bond donors (Lipinski definition) is 0. The fraction of sp³-hybridized carbons (Fsp3) is 0. The Balaban J connectivity index is 2.22. The van der Waals surface area contributed by atoms with Crippen molar-refractivity contribution in [3.05, 3.63) is 98.0 Å². The van der Waals surface area contributed by atoms with Crippen LogP contribution in [0.15, 0.2) is 72.8 Å². The molecule has 3 rings (SSSR count). The molecule has 0 saturated heterocycles. The summed E-state index contributed by atoms with van der Waals surface area (Å²) in [6.45, 7) is 0. The minimum atomic E-state index is -4.00. The zero-order valence-electron chi connectivity index (χ0n) is 14.1. The van der Waals surface area contributed by atoms with E-state index in [4.69, 9.17) is 16.1 Å². The zero-order chi connectivity index (χ0) is 20.3. The van der Waals surface area contributed by atoms with Crippen molar-refractivity contribution >= 4 is 41.0 Å². The Labute approximate surface area is 164 Å². The summed E-state index contributed by atoms with van der Waals surface area (Å²) in [5, 5.41) is 22.5. The molecule has 0 saturated carbocycles. The maximum atomic E-state index is 14.0. The second kappa shape index (κ2) is 7.80. The first kappa shape index (κ1) is 19.5. The predicted molar refractivity (Wildman–Crippen MR) is 105 cm³/mol. The lowest BCUT2D eigenvalue weighted by molar-refractivity contribution is -0.384. The molecule has 142 valence electrons. The van der Waals surface area contributed by atoms with Gasteiger partial charge in [-0.3, -0.25) is 24.8 Å². The van der Waals surface area contributed by atoms with E-state index in [2.05, 4.69) is 0 Å². The quantitative estimate of drug-likeness (QED) is 0.331. The summed E-state index contributed by atoms with van der Waals surface area (Å²) in [6, 6.07) is 16.6. The molecule has 10 heteroatoms. The Kier molecular flexibility index (Phi) is 5.44. The van der Waals surface area contributed by atoms with Crippen LogP contribution in [0.2, 0.25) is 5.02 Å². The molecular formula is C18H12ClN2O6P. The van der Waals surface area contributed by atoms with E-state index in [9.17, 15) is 24.8 Å². The highest BCUT2D eigenvalue weighted by Gasteiger charge is 2.33. The van der Waals surface area contributed by atoms with Crippen LogP contribution in [0, 0.1) is 20.2 Å². The summed E-state index contributed by atoms with van der Waals surface area (Å²) < 4.78 is 19.7. The summed E-state index contributed by atoms with van der Waals surface area (Å²) >= 11 is 6.11. The van der Waals surface area contributed by atoms with Gasteiger partial charge in [-0.2, -0.15) is 0 Å². The number of nitro benzene ring substituents is 2. The van der Waals surface area contributed by atoms with Gasteiger partial charge in [0.15, 0.2) is 0 Å². The number of para-hydroxylation sites is 1. The zero-order valence-corrected chi connectivity index (χ0v) is 15.7. The number of rotatable bonds is 6. The van der Waals surface area contributed by atoms with Gasteiger partial charge in [0.25, 0.3) is 11.4 Å². The number of hydrogen-bond acceptors (Lipinski definition) is 6. The molecule has 3 aromatic carbocycles. The van der Waals surface area contributed by atoms with Gasteiger partial charge in [0.05, 0.1) is 25.5 Å². The van der Waals surface area contributed by atoms with Crippen molar-refractivity contribution in [1.29, 1.82) is 0 Å². The van der Waals surface area contributed by atoms with Crippen LogP contribution in [0.5, 0.6) is 5.75 Å². The maximum Gasteiger partial charge on any atom is 0.307 e. The Morgan fingerprint density at radius 1 is 0.786 bits per heavy atom. The van der Waals surface area contributed by atoms with E-state index < -0.39 is 17.2 Å². The normalized spacial score (nSPS) is 11.0. The number of non-ortho nitro benzene ring substituents is 2. The van der Waals surface area contributed by atoms with Crippen LogP contribution in [0.25, 0.3) is 0 Å². The van der Waals surface area contributed by atoms with Crippen molar-refractivity contribution in [1.82, 2.24) is 0 Å². The van der Waals surface area contributed by atoms with Crippen molar-refractivity contribution < 1.29 is 18.9 Å². The smallest absolute Gasteiger partial charge is 0.307 e. The summed E-state index contributed by atoms with van der Waals surface area (Å²) in [7, 11) is -4.00. The highest BCUT2D eigenvalue weighted by molar-refractivity contribution is 7.74. The lowest BCUT2D eigenvalue weighted by Gasteiger charge is -2.20. The molecule has 0 aliphatic rings. The Hall–Kier alpha value is -3.22. The largest absolute Gasteiger partial charge is 0.435 e. The monoisotopic (exact) mass is 418 g/mol. The Morgan fingerprint density at radius 2 is 1.29 bits per heavy atom. The first-order chi connectivity index (χ1) is 13.3. The summed E-state index contributed by atoms with van der Waals surface area (Å²) in [4.78, 5) is 21.0. The van der Waals surface area contributed by atoms with Gasteiger partial charge in [0, 0.05) is 24.3 Å². The second-order valence-electron chi connectivity index (χ2n) is 5.63. The standard InChI is InChI=1S/C18H12ClN2O6P/c19-17-9-1-2-10-18(17)27-28(26,15-7-3-5-13(11-15)20(22)23)16-8-4-6-14(12-16)21(24)25/h1-12H. The molecule has 0 aliphatic carbocycles. The number of nitro groups is 2. The average molecular weight is 419 g/mol. The molecule has 3 aromatic rings. The van der Waals surface area contributed by atoms with Gasteiger partial charge in [-0.25, -0.2) is 0 Å². The molecule has 0 N–H and O–H groups in total. The molecule has 0 aliphatic heterocycles. The summed E-state index contributed by atoms with van der Waals surface area (Å²) in [5.74, 6) is 0.0884. The summed E-state index contributed by atoms with van der Waals surface area (Å²) in [6.07, 6.45) is 0. The first-order valence-electron chi connectivity index (χ1n) is 7.85. The molecule has 0 aromatic heterocycles. The molecule has 0 radical (unpaired) electrons.